The van der Waals surface area contributed by atoms with Gasteiger partial charge in [-0.05, 0) is 24.6 Å². The molecule has 1 unspecified atom stereocenters. The van der Waals surface area contributed by atoms with Crippen LogP contribution in [0.3, 0.4) is 0 Å². The molecule has 0 radical (unpaired) electrons. The summed E-state index contributed by atoms with van der Waals surface area (Å²) in [7, 11) is -3.29. The van der Waals surface area contributed by atoms with E-state index in [1.54, 1.807) is 0 Å². The van der Waals surface area contributed by atoms with Crippen LogP contribution in [0.2, 0.25) is 0 Å². The second-order valence-electron chi connectivity index (χ2n) is 4.94. The van der Waals surface area contributed by atoms with Crippen LogP contribution in [0.4, 0.5) is 5.69 Å². The summed E-state index contributed by atoms with van der Waals surface area (Å²) < 4.78 is 24.0. The first-order valence-corrected chi connectivity index (χ1v) is 8.24. The summed E-state index contributed by atoms with van der Waals surface area (Å²) in [6, 6.07) is 5.83. The summed E-state index contributed by atoms with van der Waals surface area (Å²) in [6.45, 7) is 1.55. The van der Waals surface area contributed by atoms with E-state index in [1.165, 1.54) is 42.1 Å². The lowest BCUT2D eigenvalue weighted by Crippen LogP contribution is -2.09. The Bertz CT molecular complexity index is 796. The predicted molar refractivity (Wildman–Crippen MR) is 78.1 cm³/mol. The van der Waals surface area contributed by atoms with Crippen LogP contribution < -0.4 is 0 Å². The van der Waals surface area contributed by atoms with Gasteiger partial charge in [0.25, 0.3) is 0 Å². The van der Waals surface area contributed by atoms with E-state index in [9.17, 15) is 23.6 Å². The molecule has 8 nitrogen and oxygen atoms in total. The molecular formula is C13H15N3O5S. The molecule has 9 heteroatoms. The fourth-order valence-corrected chi connectivity index (χ4v) is 2.63. The average molecular weight is 325 g/mol. The van der Waals surface area contributed by atoms with Crippen LogP contribution in [0.1, 0.15) is 17.4 Å². The minimum absolute atomic E-state index is 0.0346. The topological polar surface area (TPSA) is 115 Å². The molecule has 1 N–H and O–H groups in total. The number of nitro groups is 1. The van der Waals surface area contributed by atoms with Gasteiger partial charge in [-0.3, -0.25) is 14.8 Å². The van der Waals surface area contributed by atoms with Crippen LogP contribution >= 0.6 is 0 Å². The molecule has 22 heavy (non-hydrogen) atoms. The van der Waals surface area contributed by atoms with E-state index < -0.39 is 20.9 Å². The number of aliphatic hydroxyl groups excluding tert-OH is 1. The van der Waals surface area contributed by atoms with Crippen molar-refractivity contribution >= 4 is 15.5 Å². The number of benzene rings is 1. The first-order chi connectivity index (χ1) is 10.2. The Morgan fingerprint density at radius 2 is 1.95 bits per heavy atom. The van der Waals surface area contributed by atoms with Crippen molar-refractivity contribution in [2.24, 2.45) is 0 Å². The summed E-state index contributed by atoms with van der Waals surface area (Å²) >= 11 is 0. The molecule has 0 aliphatic rings. The van der Waals surface area contributed by atoms with Gasteiger partial charge >= 0.3 is 5.69 Å². The summed E-state index contributed by atoms with van der Waals surface area (Å²) in [5.74, 6) is 0. The number of aliphatic hydroxyl groups is 1. The number of hydrogen-bond donors (Lipinski definition) is 1. The summed E-state index contributed by atoms with van der Waals surface area (Å²) in [5, 5.41) is 24.9. The van der Waals surface area contributed by atoms with Gasteiger partial charge in [-0.15, -0.1) is 0 Å². The van der Waals surface area contributed by atoms with Crippen molar-refractivity contribution in [2.45, 2.75) is 24.5 Å². The highest BCUT2D eigenvalue weighted by Gasteiger charge is 2.18. The van der Waals surface area contributed by atoms with Crippen LogP contribution in [0.25, 0.3) is 0 Å². The Labute approximate surface area is 127 Å². The Kier molecular flexibility index (Phi) is 4.29. The number of hydrogen-bond acceptors (Lipinski definition) is 6. The van der Waals surface area contributed by atoms with E-state index >= 15 is 0 Å². The number of rotatable bonds is 5. The third kappa shape index (κ3) is 3.49. The van der Waals surface area contributed by atoms with Crippen LogP contribution in [0.5, 0.6) is 0 Å². The third-order valence-electron chi connectivity index (χ3n) is 3.17. The van der Waals surface area contributed by atoms with Crippen molar-refractivity contribution in [1.82, 2.24) is 9.78 Å². The number of aryl methyl sites for hydroxylation is 1. The predicted octanol–water partition coefficient (Wildman–Crippen LogP) is 1.24. The van der Waals surface area contributed by atoms with Crippen LogP contribution in [-0.4, -0.2) is 34.5 Å². The highest BCUT2D eigenvalue weighted by atomic mass is 32.2. The molecule has 118 valence electrons. The lowest BCUT2D eigenvalue weighted by Gasteiger charge is -2.11. The van der Waals surface area contributed by atoms with Gasteiger partial charge in [-0.1, -0.05) is 12.1 Å². The molecule has 1 atom stereocenters. The van der Waals surface area contributed by atoms with Gasteiger partial charge in [-0.2, -0.15) is 5.10 Å². The number of aromatic nitrogens is 2. The molecule has 0 spiro atoms. The first kappa shape index (κ1) is 16.1. The lowest BCUT2D eigenvalue weighted by atomic mass is 10.1. The molecule has 1 aromatic carbocycles. The minimum Gasteiger partial charge on any atom is -0.386 e. The molecule has 2 rings (SSSR count). The van der Waals surface area contributed by atoms with Crippen molar-refractivity contribution in [3.63, 3.8) is 0 Å². The fraction of sp³-hybridized carbons (Fsp3) is 0.308. The second-order valence-corrected chi connectivity index (χ2v) is 6.95. The Morgan fingerprint density at radius 3 is 2.41 bits per heavy atom. The maximum atomic E-state index is 11.4. The smallest absolute Gasteiger partial charge is 0.309 e. The molecular weight excluding hydrogens is 310 g/mol. The second kappa shape index (κ2) is 5.85. The molecule has 0 saturated heterocycles. The number of sulfone groups is 1. The Morgan fingerprint density at radius 1 is 1.36 bits per heavy atom. The largest absolute Gasteiger partial charge is 0.386 e. The fourth-order valence-electron chi connectivity index (χ4n) is 2.00. The van der Waals surface area contributed by atoms with Crippen molar-refractivity contribution in [3.05, 3.63) is 51.8 Å². The van der Waals surface area contributed by atoms with Crippen LogP contribution in [0, 0.1) is 17.0 Å². The normalized spacial score (nSPS) is 13.0. The van der Waals surface area contributed by atoms with Crippen molar-refractivity contribution in [1.29, 1.82) is 0 Å². The maximum Gasteiger partial charge on any atom is 0.309 e. The first-order valence-electron chi connectivity index (χ1n) is 6.35. The van der Waals surface area contributed by atoms with Crippen molar-refractivity contribution in [2.75, 3.05) is 6.26 Å². The molecule has 0 fully saturated rings. The quantitative estimate of drug-likeness (QED) is 0.653. The zero-order valence-corrected chi connectivity index (χ0v) is 12.8. The molecule has 0 bridgehead atoms. The molecule has 0 saturated carbocycles. The van der Waals surface area contributed by atoms with Gasteiger partial charge in [0.15, 0.2) is 9.84 Å². The molecule has 0 aliphatic heterocycles. The molecule has 0 amide bonds. The van der Waals surface area contributed by atoms with Gasteiger partial charge in [0.05, 0.1) is 22.5 Å². The van der Waals surface area contributed by atoms with E-state index in [0.29, 0.717) is 5.56 Å². The summed E-state index contributed by atoms with van der Waals surface area (Å²) in [5.41, 5.74) is 0.660. The van der Waals surface area contributed by atoms with Gasteiger partial charge in [0.1, 0.15) is 11.9 Å². The average Bonchev–Trinajstić information content (AvgIpc) is 2.79. The van der Waals surface area contributed by atoms with E-state index in [1.807, 2.05) is 0 Å². The SMILES string of the molecule is Cc1nn(CC(O)c2ccc(S(C)(=O)=O)cc2)cc1[N+](=O)[O-]. The van der Waals surface area contributed by atoms with E-state index in [4.69, 9.17) is 0 Å². The van der Waals surface area contributed by atoms with Gasteiger partial charge in [0.2, 0.25) is 0 Å². The third-order valence-corrected chi connectivity index (χ3v) is 4.30. The standard InChI is InChI=1S/C13H15N3O5S/c1-9-12(16(18)19)7-15(14-9)8-13(17)10-3-5-11(6-4-10)22(2,20)21/h3-7,13,17H,8H2,1-2H3. The number of nitrogens with zero attached hydrogens (tertiary/aromatic N) is 3. The van der Waals surface area contributed by atoms with Gasteiger partial charge in [-0.25, -0.2) is 8.42 Å². The summed E-state index contributed by atoms with van der Waals surface area (Å²) in [4.78, 5) is 10.4. The maximum absolute atomic E-state index is 11.4. The van der Waals surface area contributed by atoms with E-state index in [0.717, 1.165) is 6.26 Å². The van der Waals surface area contributed by atoms with E-state index in [-0.39, 0.29) is 22.8 Å². The summed E-state index contributed by atoms with van der Waals surface area (Å²) in [6.07, 6.45) is 1.40. The highest BCUT2D eigenvalue weighted by Crippen LogP contribution is 2.20. The molecule has 0 aliphatic carbocycles. The highest BCUT2D eigenvalue weighted by molar-refractivity contribution is 7.90. The molecule has 2 aromatic rings. The monoisotopic (exact) mass is 325 g/mol. The van der Waals surface area contributed by atoms with Crippen molar-refractivity contribution < 1.29 is 18.4 Å². The zero-order chi connectivity index (χ0) is 16.5. The van der Waals surface area contributed by atoms with Gasteiger partial charge < -0.3 is 5.11 Å². The van der Waals surface area contributed by atoms with E-state index in [2.05, 4.69) is 5.10 Å². The Hall–Kier alpha value is -2.26. The Balaban J connectivity index is 2.17. The lowest BCUT2D eigenvalue weighted by molar-refractivity contribution is -0.385. The van der Waals surface area contributed by atoms with Crippen LogP contribution in [0.15, 0.2) is 35.4 Å². The molecule has 1 aromatic heterocycles. The van der Waals surface area contributed by atoms with Gasteiger partial charge in [0, 0.05) is 6.26 Å². The minimum atomic E-state index is -3.29. The zero-order valence-electron chi connectivity index (χ0n) is 12.0. The van der Waals surface area contributed by atoms with Crippen LogP contribution in [-0.2, 0) is 16.4 Å². The van der Waals surface area contributed by atoms with Crippen molar-refractivity contribution in [3.8, 4) is 0 Å². The molecule has 1 heterocycles.